The van der Waals surface area contributed by atoms with Crippen LogP contribution in [0.15, 0.2) is 60.7 Å². The Morgan fingerprint density at radius 1 is 0.850 bits per heavy atom. The lowest BCUT2D eigenvalue weighted by Crippen LogP contribution is -2.25. The molecule has 2 aromatic carbocycles. The lowest BCUT2D eigenvalue weighted by atomic mass is 9.72. The fraction of sp³-hybridized carbons (Fsp3) is 0.316. The molecule has 0 aliphatic heterocycles. The van der Waals surface area contributed by atoms with Gasteiger partial charge >= 0.3 is 0 Å². The van der Waals surface area contributed by atoms with Crippen LogP contribution in [0.2, 0.25) is 0 Å². The van der Waals surface area contributed by atoms with Gasteiger partial charge in [0.2, 0.25) is 0 Å². The Kier molecular flexibility index (Phi) is 4.96. The molecule has 0 fully saturated rings. The Balaban J connectivity index is 2.45. The van der Waals surface area contributed by atoms with Crippen molar-refractivity contribution in [3.05, 3.63) is 71.8 Å². The predicted molar refractivity (Wildman–Crippen MR) is 83.4 cm³/mol. The van der Waals surface area contributed by atoms with E-state index in [0.717, 1.165) is 24.0 Å². The highest BCUT2D eigenvalue weighted by Gasteiger charge is 2.33. The Bertz CT molecular complexity index is 512. The summed E-state index contributed by atoms with van der Waals surface area (Å²) in [5.74, 6) is 0. The van der Waals surface area contributed by atoms with Gasteiger partial charge in [0.1, 0.15) is 5.41 Å². The molecule has 0 heterocycles. The van der Waals surface area contributed by atoms with Crippen LogP contribution in [0.5, 0.6) is 0 Å². The zero-order valence-corrected chi connectivity index (χ0v) is 12.0. The SMILES string of the molecule is CCCCCC(C#N)(c1ccccc1)c1ccccc1. The molecule has 0 radical (unpaired) electrons. The highest BCUT2D eigenvalue weighted by Crippen LogP contribution is 2.36. The summed E-state index contributed by atoms with van der Waals surface area (Å²) in [6, 6.07) is 23.0. The van der Waals surface area contributed by atoms with Gasteiger partial charge in [-0.05, 0) is 17.5 Å². The minimum atomic E-state index is -0.516. The first-order valence-electron chi connectivity index (χ1n) is 7.36. The molecule has 0 atom stereocenters. The molecule has 102 valence electrons. The van der Waals surface area contributed by atoms with Crippen LogP contribution in [0, 0.1) is 11.3 Å². The number of benzene rings is 2. The van der Waals surface area contributed by atoms with Gasteiger partial charge in [-0.15, -0.1) is 0 Å². The third kappa shape index (κ3) is 2.91. The van der Waals surface area contributed by atoms with Gasteiger partial charge in [-0.25, -0.2) is 0 Å². The van der Waals surface area contributed by atoms with Crippen LogP contribution in [-0.4, -0.2) is 0 Å². The lowest BCUT2D eigenvalue weighted by Gasteiger charge is -2.28. The van der Waals surface area contributed by atoms with Gasteiger partial charge in [0.15, 0.2) is 0 Å². The van der Waals surface area contributed by atoms with Crippen LogP contribution in [0.3, 0.4) is 0 Å². The van der Waals surface area contributed by atoms with E-state index in [1.54, 1.807) is 0 Å². The molecular weight excluding hydrogens is 242 g/mol. The van der Waals surface area contributed by atoms with Crippen LogP contribution >= 0.6 is 0 Å². The molecule has 2 aromatic rings. The zero-order chi connectivity index (χ0) is 14.3. The van der Waals surface area contributed by atoms with E-state index in [1.165, 1.54) is 12.8 Å². The Hall–Kier alpha value is -2.07. The monoisotopic (exact) mass is 263 g/mol. The topological polar surface area (TPSA) is 23.8 Å². The van der Waals surface area contributed by atoms with Crippen LogP contribution in [0.25, 0.3) is 0 Å². The molecule has 1 heteroatoms. The van der Waals surface area contributed by atoms with Crippen molar-refractivity contribution in [2.45, 2.75) is 38.0 Å². The van der Waals surface area contributed by atoms with Gasteiger partial charge in [0.05, 0.1) is 6.07 Å². The van der Waals surface area contributed by atoms with Gasteiger partial charge in [0.25, 0.3) is 0 Å². The Labute approximate surface area is 121 Å². The third-order valence-electron chi connectivity index (χ3n) is 3.88. The molecule has 0 aromatic heterocycles. The average Bonchev–Trinajstić information content (AvgIpc) is 2.54. The van der Waals surface area contributed by atoms with Crippen LogP contribution in [-0.2, 0) is 5.41 Å². The van der Waals surface area contributed by atoms with E-state index in [0.29, 0.717) is 0 Å². The van der Waals surface area contributed by atoms with Crippen molar-refractivity contribution in [1.29, 1.82) is 5.26 Å². The molecule has 0 spiro atoms. The first kappa shape index (κ1) is 14.3. The number of unbranched alkanes of at least 4 members (excludes halogenated alkanes) is 2. The molecule has 0 amide bonds. The Morgan fingerprint density at radius 2 is 1.35 bits per heavy atom. The normalized spacial score (nSPS) is 11.0. The number of nitriles is 1. The summed E-state index contributed by atoms with van der Waals surface area (Å²) in [4.78, 5) is 0. The van der Waals surface area contributed by atoms with E-state index in [4.69, 9.17) is 0 Å². The van der Waals surface area contributed by atoms with Crippen LogP contribution < -0.4 is 0 Å². The Morgan fingerprint density at radius 3 is 1.75 bits per heavy atom. The molecule has 20 heavy (non-hydrogen) atoms. The van der Waals surface area contributed by atoms with Gasteiger partial charge in [0, 0.05) is 0 Å². The van der Waals surface area contributed by atoms with Crippen molar-refractivity contribution >= 4 is 0 Å². The second kappa shape index (κ2) is 6.91. The molecule has 1 nitrogen and oxygen atoms in total. The second-order valence-electron chi connectivity index (χ2n) is 5.21. The molecule has 0 aliphatic carbocycles. The second-order valence-corrected chi connectivity index (χ2v) is 5.21. The minimum absolute atomic E-state index is 0.516. The van der Waals surface area contributed by atoms with Crippen molar-refractivity contribution < 1.29 is 0 Å². The minimum Gasteiger partial charge on any atom is -0.197 e. The van der Waals surface area contributed by atoms with Crippen molar-refractivity contribution in [2.24, 2.45) is 0 Å². The number of nitrogens with zero attached hydrogens (tertiary/aromatic N) is 1. The summed E-state index contributed by atoms with van der Waals surface area (Å²) < 4.78 is 0. The fourth-order valence-corrected chi connectivity index (χ4v) is 2.73. The van der Waals surface area contributed by atoms with E-state index >= 15 is 0 Å². The lowest BCUT2D eigenvalue weighted by molar-refractivity contribution is 0.539. The summed E-state index contributed by atoms with van der Waals surface area (Å²) >= 11 is 0. The average molecular weight is 263 g/mol. The maximum atomic E-state index is 9.93. The summed E-state index contributed by atoms with van der Waals surface area (Å²) in [6.07, 6.45) is 4.30. The van der Waals surface area contributed by atoms with Crippen LogP contribution in [0.1, 0.15) is 43.7 Å². The number of hydrogen-bond acceptors (Lipinski definition) is 1. The van der Waals surface area contributed by atoms with Gasteiger partial charge in [-0.2, -0.15) is 5.26 Å². The van der Waals surface area contributed by atoms with E-state index in [2.05, 4.69) is 37.3 Å². The first-order chi connectivity index (χ1) is 9.83. The van der Waals surface area contributed by atoms with Crippen molar-refractivity contribution in [2.75, 3.05) is 0 Å². The zero-order valence-electron chi connectivity index (χ0n) is 12.0. The smallest absolute Gasteiger partial charge is 0.107 e. The van der Waals surface area contributed by atoms with E-state index < -0.39 is 5.41 Å². The molecule has 0 unspecified atom stereocenters. The van der Waals surface area contributed by atoms with Crippen LogP contribution in [0.4, 0.5) is 0 Å². The van der Waals surface area contributed by atoms with Crippen molar-refractivity contribution in [3.63, 3.8) is 0 Å². The van der Waals surface area contributed by atoms with Crippen molar-refractivity contribution in [3.8, 4) is 6.07 Å². The quantitative estimate of drug-likeness (QED) is 0.667. The molecule has 0 aliphatic rings. The fourth-order valence-electron chi connectivity index (χ4n) is 2.73. The van der Waals surface area contributed by atoms with E-state index in [1.807, 2.05) is 36.4 Å². The molecule has 2 rings (SSSR count). The predicted octanol–water partition coefficient (Wildman–Crippen LogP) is 5.08. The number of rotatable bonds is 6. The summed E-state index contributed by atoms with van der Waals surface area (Å²) in [7, 11) is 0. The molecule has 0 bridgehead atoms. The maximum Gasteiger partial charge on any atom is 0.107 e. The summed E-state index contributed by atoms with van der Waals surface area (Å²) in [5, 5.41) is 9.93. The van der Waals surface area contributed by atoms with Gasteiger partial charge in [-0.1, -0.05) is 86.8 Å². The van der Waals surface area contributed by atoms with Gasteiger partial charge in [-0.3, -0.25) is 0 Å². The molecule has 0 N–H and O–H groups in total. The van der Waals surface area contributed by atoms with Gasteiger partial charge < -0.3 is 0 Å². The standard InChI is InChI=1S/C19H21N/c1-2-3-10-15-19(16-20,17-11-6-4-7-12-17)18-13-8-5-9-14-18/h4-9,11-14H,2-3,10,15H2,1H3. The third-order valence-corrected chi connectivity index (χ3v) is 3.88. The maximum absolute atomic E-state index is 9.93. The molecule has 0 saturated heterocycles. The number of hydrogen-bond donors (Lipinski definition) is 0. The first-order valence-corrected chi connectivity index (χ1v) is 7.36. The van der Waals surface area contributed by atoms with E-state index in [-0.39, 0.29) is 0 Å². The summed E-state index contributed by atoms with van der Waals surface area (Å²) in [5.41, 5.74) is 1.69. The molecular formula is C19H21N. The van der Waals surface area contributed by atoms with Crippen molar-refractivity contribution in [1.82, 2.24) is 0 Å². The summed E-state index contributed by atoms with van der Waals surface area (Å²) in [6.45, 7) is 2.19. The highest BCUT2D eigenvalue weighted by molar-refractivity contribution is 5.45. The molecule has 0 saturated carbocycles. The highest BCUT2D eigenvalue weighted by atomic mass is 14.4. The van der Waals surface area contributed by atoms with E-state index in [9.17, 15) is 5.26 Å². The largest absolute Gasteiger partial charge is 0.197 e.